The SMILES string of the molecule is CCCOc1cccc2[nH]cc(C(=O)C(F)(F)F)c12. The average molecular weight is 271 g/mol. The standard InChI is InChI=1S/C13H12F3NO2/c1-2-6-19-10-5-3-4-9-11(10)8(7-17-9)12(18)13(14,15)16/h3-5,7,17H,2,6H2,1H3. The summed E-state index contributed by atoms with van der Waals surface area (Å²) in [6.45, 7) is 2.27. The molecule has 1 N–H and O–H groups in total. The number of ketones is 1. The molecule has 0 spiro atoms. The number of Topliss-reactive ketones (excluding diaryl/α,β-unsaturated/α-hetero) is 1. The lowest BCUT2D eigenvalue weighted by atomic mass is 10.1. The van der Waals surface area contributed by atoms with E-state index in [-0.39, 0.29) is 11.1 Å². The molecule has 0 aliphatic heterocycles. The van der Waals surface area contributed by atoms with Crippen LogP contribution in [-0.4, -0.2) is 23.6 Å². The first-order valence-corrected chi connectivity index (χ1v) is 5.79. The molecule has 6 heteroatoms. The molecular weight excluding hydrogens is 259 g/mol. The Morgan fingerprint density at radius 3 is 2.74 bits per heavy atom. The van der Waals surface area contributed by atoms with Crippen LogP contribution < -0.4 is 4.74 Å². The zero-order valence-electron chi connectivity index (χ0n) is 10.2. The normalized spacial score (nSPS) is 11.8. The van der Waals surface area contributed by atoms with E-state index in [2.05, 4.69) is 4.98 Å². The molecule has 0 saturated heterocycles. The Kier molecular flexibility index (Phi) is 3.50. The minimum absolute atomic E-state index is 0.179. The van der Waals surface area contributed by atoms with E-state index >= 15 is 0 Å². The van der Waals surface area contributed by atoms with Gasteiger partial charge in [0.05, 0.1) is 17.6 Å². The first-order valence-electron chi connectivity index (χ1n) is 5.79. The highest BCUT2D eigenvalue weighted by molar-refractivity contribution is 6.12. The summed E-state index contributed by atoms with van der Waals surface area (Å²) < 4.78 is 43.0. The van der Waals surface area contributed by atoms with E-state index in [4.69, 9.17) is 4.74 Å². The third-order valence-corrected chi connectivity index (χ3v) is 2.63. The summed E-state index contributed by atoms with van der Waals surface area (Å²) in [7, 11) is 0. The fourth-order valence-corrected chi connectivity index (χ4v) is 1.82. The summed E-state index contributed by atoms with van der Waals surface area (Å²) in [6.07, 6.45) is -3.10. The van der Waals surface area contributed by atoms with E-state index in [1.54, 1.807) is 18.2 Å². The van der Waals surface area contributed by atoms with Gasteiger partial charge in [-0.3, -0.25) is 4.79 Å². The van der Waals surface area contributed by atoms with Crippen molar-refractivity contribution < 1.29 is 22.7 Å². The molecule has 0 aliphatic carbocycles. The molecule has 102 valence electrons. The Morgan fingerprint density at radius 1 is 1.37 bits per heavy atom. The second-order valence-corrected chi connectivity index (χ2v) is 4.06. The number of aromatic amines is 1. The molecule has 0 bridgehead atoms. The summed E-state index contributed by atoms with van der Waals surface area (Å²) >= 11 is 0. The van der Waals surface area contributed by atoms with Gasteiger partial charge in [-0.2, -0.15) is 13.2 Å². The van der Waals surface area contributed by atoms with E-state index in [9.17, 15) is 18.0 Å². The van der Waals surface area contributed by atoms with Crippen molar-refractivity contribution in [3.05, 3.63) is 30.0 Å². The van der Waals surface area contributed by atoms with Gasteiger partial charge >= 0.3 is 6.18 Å². The van der Waals surface area contributed by atoms with Crippen LogP contribution in [0.25, 0.3) is 10.9 Å². The highest BCUT2D eigenvalue weighted by Gasteiger charge is 2.40. The number of alkyl halides is 3. The number of hydrogen-bond donors (Lipinski definition) is 1. The maximum atomic E-state index is 12.5. The highest BCUT2D eigenvalue weighted by atomic mass is 19.4. The molecule has 19 heavy (non-hydrogen) atoms. The second-order valence-electron chi connectivity index (χ2n) is 4.06. The van der Waals surface area contributed by atoms with Crippen molar-refractivity contribution >= 4 is 16.7 Å². The van der Waals surface area contributed by atoms with Gasteiger partial charge in [0.2, 0.25) is 0 Å². The predicted octanol–water partition coefficient (Wildman–Crippen LogP) is 3.70. The summed E-state index contributed by atoms with van der Waals surface area (Å²) in [5.74, 6) is -1.58. The maximum Gasteiger partial charge on any atom is 0.454 e. The molecule has 0 atom stereocenters. The van der Waals surface area contributed by atoms with Gasteiger partial charge in [0, 0.05) is 11.7 Å². The van der Waals surface area contributed by atoms with Crippen LogP contribution in [0.3, 0.4) is 0 Å². The number of hydrogen-bond acceptors (Lipinski definition) is 2. The number of fused-ring (bicyclic) bond motifs is 1. The Balaban J connectivity index is 2.54. The number of halogens is 3. The number of carbonyl (C=O) groups is 1. The Morgan fingerprint density at radius 2 is 2.11 bits per heavy atom. The van der Waals surface area contributed by atoms with E-state index in [1.165, 1.54) is 0 Å². The summed E-state index contributed by atoms with van der Waals surface area (Å²) in [6, 6.07) is 4.81. The van der Waals surface area contributed by atoms with E-state index in [0.29, 0.717) is 12.1 Å². The van der Waals surface area contributed by atoms with Gasteiger partial charge in [-0.05, 0) is 18.6 Å². The molecule has 2 aromatic rings. The molecule has 1 aromatic heterocycles. The highest BCUT2D eigenvalue weighted by Crippen LogP contribution is 2.32. The first kappa shape index (κ1) is 13.5. The molecule has 0 amide bonds. The lowest BCUT2D eigenvalue weighted by molar-refractivity contribution is -0.0884. The summed E-state index contributed by atoms with van der Waals surface area (Å²) in [4.78, 5) is 14.0. The summed E-state index contributed by atoms with van der Waals surface area (Å²) in [5, 5.41) is 0.179. The van der Waals surface area contributed by atoms with Crippen LogP contribution in [0.15, 0.2) is 24.4 Å². The second kappa shape index (κ2) is 4.95. The quantitative estimate of drug-likeness (QED) is 0.861. The molecule has 1 heterocycles. The lowest BCUT2D eigenvalue weighted by Gasteiger charge is -2.08. The molecule has 0 fully saturated rings. The summed E-state index contributed by atoms with van der Waals surface area (Å²) in [5.41, 5.74) is 0.0374. The number of benzene rings is 1. The number of nitrogens with one attached hydrogen (secondary N) is 1. The zero-order chi connectivity index (χ0) is 14.0. The Labute approximate surface area is 107 Å². The van der Waals surface area contributed by atoms with Crippen molar-refractivity contribution in [1.82, 2.24) is 4.98 Å². The van der Waals surface area contributed by atoms with Crippen LogP contribution in [0.5, 0.6) is 5.75 Å². The van der Waals surface area contributed by atoms with Crippen LogP contribution in [0, 0.1) is 0 Å². The molecule has 0 radical (unpaired) electrons. The van der Waals surface area contributed by atoms with Crippen molar-refractivity contribution in [1.29, 1.82) is 0 Å². The number of aromatic nitrogens is 1. The van der Waals surface area contributed by atoms with Crippen LogP contribution in [0.4, 0.5) is 13.2 Å². The minimum atomic E-state index is -4.90. The first-order chi connectivity index (χ1) is 8.95. The topological polar surface area (TPSA) is 42.1 Å². The van der Waals surface area contributed by atoms with Crippen molar-refractivity contribution in [2.75, 3.05) is 6.61 Å². The van der Waals surface area contributed by atoms with Gasteiger partial charge in [0.15, 0.2) is 0 Å². The van der Waals surface area contributed by atoms with E-state index in [0.717, 1.165) is 12.6 Å². The molecule has 3 nitrogen and oxygen atoms in total. The largest absolute Gasteiger partial charge is 0.493 e. The molecule has 0 saturated carbocycles. The molecule has 2 rings (SSSR count). The molecule has 0 unspecified atom stereocenters. The van der Waals surface area contributed by atoms with Crippen LogP contribution >= 0.6 is 0 Å². The van der Waals surface area contributed by atoms with Crippen molar-refractivity contribution in [3.8, 4) is 5.75 Å². The van der Waals surface area contributed by atoms with Gasteiger partial charge in [-0.1, -0.05) is 13.0 Å². The van der Waals surface area contributed by atoms with Crippen molar-refractivity contribution in [2.45, 2.75) is 19.5 Å². The van der Waals surface area contributed by atoms with Crippen molar-refractivity contribution in [3.63, 3.8) is 0 Å². The lowest BCUT2D eigenvalue weighted by Crippen LogP contribution is -2.22. The van der Waals surface area contributed by atoms with Gasteiger partial charge in [0.1, 0.15) is 5.75 Å². The number of rotatable bonds is 4. The molecule has 1 aromatic carbocycles. The number of ether oxygens (including phenoxy) is 1. The molecular formula is C13H12F3NO2. The van der Waals surface area contributed by atoms with Crippen molar-refractivity contribution in [2.24, 2.45) is 0 Å². The van der Waals surface area contributed by atoms with Gasteiger partial charge in [-0.25, -0.2) is 0 Å². The third kappa shape index (κ3) is 2.57. The van der Waals surface area contributed by atoms with Crippen LogP contribution in [-0.2, 0) is 0 Å². The van der Waals surface area contributed by atoms with E-state index in [1.807, 2.05) is 6.92 Å². The van der Waals surface area contributed by atoms with Crippen LogP contribution in [0.2, 0.25) is 0 Å². The fourth-order valence-electron chi connectivity index (χ4n) is 1.82. The fraction of sp³-hybridized carbons (Fsp3) is 0.308. The third-order valence-electron chi connectivity index (χ3n) is 2.63. The van der Waals surface area contributed by atoms with Gasteiger partial charge in [0.25, 0.3) is 5.78 Å². The monoisotopic (exact) mass is 271 g/mol. The number of carbonyl (C=O) groups excluding carboxylic acids is 1. The Bertz CT molecular complexity index is 601. The van der Waals surface area contributed by atoms with Gasteiger partial charge in [-0.15, -0.1) is 0 Å². The number of H-pyrrole nitrogens is 1. The Hall–Kier alpha value is -1.98. The smallest absolute Gasteiger partial charge is 0.454 e. The zero-order valence-corrected chi connectivity index (χ0v) is 10.2. The van der Waals surface area contributed by atoms with Crippen LogP contribution in [0.1, 0.15) is 23.7 Å². The minimum Gasteiger partial charge on any atom is -0.493 e. The molecule has 0 aliphatic rings. The predicted molar refractivity (Wildman–Crippen MR) is 64.5 cm³/mol. The van der Waals surface area contributed by atoms with Gasteiger partial charge < -0.3 is 9.72 Å². The van der Waals surface area contributed by atoms with E-state index < -0.39 is 17.5 Å². The maximum absolute atomic E-state index is 12.5. The average Bonchev–Trinajstić information content (AvgIpc) is 2.78.